The van der Waals surface area contributed by atoms with Gasteiger partial charge in [0, 0.05) is 38.4 Å². The van der Waals surface area contributed by atoms with Crippen LogP contribution in [0.3, 0.4) is 0 Å². The summed E-state index contributed by atoms with van der Waals surface area (Å²) in [5.74, 6) is 0.104. The fraction of sp³-hybridized carbons (Fsp3) is 0.440. The number of hydrogen-bond donors (Lipinski definition) is 2. The molecule has 6 nitrogen and oxygen atoms in total. The molecule has 0 aromatic heterocycles. The Kier molecular flexibility index (Phi) is 8.76. The predicted molar refractivity (Wildman–Crippen MR) is 125 cm³/mol. The molecule has 3 rings (SSSR count). The minimum absolute atomic E-state index is 0.0336. The highest BCUT2D eigenvalue weighted by atomic mass is 19.1. The molecular formula is C25H33FN4O2. The second-order valence-corrected chi connectivity index (χ2v) is 8.60. The Hall–Kier alpha value is -2.77. The van der Waals surface area contributed by atoms with Crippen molar-refractivity contribution < 1.29 is 14.0 Å². The highest BCUT2D eigenvalue weighted by Crippen LogP contribution is 2.14. The lowest BCUT2D eigenvalue weighted by Crippen LogP contribution is -2.51. The number of carbonyl (C=O) groups excluding carboxylic acids is 2. The number of anilines is 1. The minimum Gasteiger partial charge on any atom is -0.355 e. The third-order valence-corrected chi connectivity index (χ3v) is 5.71. The smallest absolute Gasteiger partial charge is 0.238 e. The van der Waals surface area contributed by atoms with Crippen LogP contribution in [0, 0.1) is 5.82 Å². The molecular weight excluding hydrogens is 407 g/mol. The summed E-state index contributed by atoms with van der Waals surface area (Å²) in [6.07, 6.45) is 0.820. The first-order chi connectivity index (χ1) is 15.4. The van der Waals surface area contributed by atoms with Gasteiger partial charge in [0.2, 0.25) is 11.8 Å². The van der Waals surface area contributed by atoms with Gasteiger partial charge in [-0.15, -0.1) is 0 Å². The van der Waals surface area contributed by atoms with Gasteiger partial charge in [-0.05, 0) is 47.7 Å². The number of carbonyl (C=O) groups is 2. The van der Waals surface area contributed by atoms with Gasteiger partial charge in [0.1, 0.15) is 5.82 Å². The van der Waals surface area contributed by atoms with Crippen molar-refractivity contribution in [2.45, 2.75) is 26.2 Å². The molecule has 1 aliphatic rings. The van der Waals surface area contributed by atoms with Gasteiger partial charge in [-0.25, -0.2) is 4.39 Å². The molecule has 32 heavy (non-hydrogen) atoms. The van der Waals surface area contributed by atoms with Crippen molar-refractivity contribution in [3.05, 3.63) is 65.5 Å². The van der Waals surface area contributed by atoms with Crippen molar-refractivity contribution in [2.75, 3.05) is 51.1 Å². The number of rotatable bonds is 9. The molecule has 7 heteroatoms. The third-order valence-electron chi connectivity index (χ3n) is 5.71. The van der Waals surface area contributed by atoms with E-state index in [1.54, 1.807) is 12.1 Å². The summed E-state index contributed by atoms with van der Waals surface area (Å²) < 4.78 is 13.0. The molecule has 0 saturated carbocycles. The van der Waals surface area contributed by atoms with Crippen molar-refractivity contribution in [1.29, 1.82) is 0 Å². The summed E-state index contributed by atoms with van der Waals surface area (Å²) in [6.45, 7) is 8.59. The van der Waals surface area contributed by atoms with Crippen LogP contribution >= 0.6 is 0 Å². The quantitative estimate of drug-likeness (QED) is 0.629. The first kappa shape index (κ1) is 23.9. The highest BCUT2D eigenvalue weighted by molar-refractivity contribution is 5.92. The van der Waals surface area contributed by atoms with E-state index in [4.69, 9.17) is 0 Å². The first-order valence-electron chi connectivity index (χ1n) is 11.2. The third kappa shape index (κ3) is 7.73. The Bertz CT molecular complexity index is 876. The van der Waals surface area contributed by atoms with Gasteiger partial charge in [0.15, 0.2) is 0 Å². The topological polar surface area (TPSA) is 64.7 Å². The van der Waals surface area contributed by atoms with Gasteiger partial charge in [-0.2, -0.15) is 0 Å². The van der Waals surface area contributed by atoms with Crippen LogP contribution in [-0.2, 0) is 16.0 Å². The normalized spacial score (nSPS) is 15.0. The van der Waals surface area contributed by atoms with Crippen LogP contribution in [-0.4, -0.2) is 67.4 Å². The maximum Gasteiger partial charge on any atom is 0.238 e. The van der Waals surface area contributed by atoms with Gasteiger partial charge in [-0.3, -0.25) is 19.4 Å². The lowest BCUT2D eigenvalue weighted by molar-refractivity contribution is -0.123. The number of nitrogens with one attached hydrogen (secondary N) is 2. The number of halogens is 1. The molecule has 0 aliphatic carbocycles. The van der Waals surface area contributed by atoms with E-state index < -0.39 is 0 Å². The van der Waals surface area contributed by atoms with Crippen molar-refractivity contribution in [1.82, 2.24) is 15.1 Å². The molecule has 0 bridgehead atoms. The van der Waals surface area contributed by atoms with E-state index >= 15 is 0 Å². The number of hydrogen-bond acceptors (Lipinski definition) is 4. The van der Waals surface area contributed by atoms with Gasteiger partial charge >= 0.3 is 0 Å². The Balaban J connectivity index is 1.30. The second-order valence-electron chi connectivity index (χ2n) is 8.60. The van der Waals surface area contributed by atoms with E-state index in [0.29, 0.717) is 24.7 Å². The zero-order chi connectivity index (χ0) is 22.9. The molecule has 0 atom stereocenters. The predicted octanol–water partition coefficient (Wildman–Crippen LogP) is 2.86. The van der Waals surface area contributed by atoms with Crippen molar-refractivity contribution in [2.24, 2.45) is 0 Å². The summed E-state index contributed by atoms with van der Waals surface area (Å²) in [5, 5.41) is 5.79. The van der Waals surface area contributed by atoms with E-state index in [9.17, 15) is 14.0 Å². The number of nitrogens with zero attached hydrogens (tertiary/aromatic N) is 2. The molecule has 2 amide bonds. The van der Waals surface area contributed by atoms with Crippen LogP contribution in [0.5, 0.6) is 0 Å². The molecule has 0 radical (unpaired) electrons. The number of amides is 2. The van der Waals surface area contributed by atoms with E-state index in [0.717, 1.165) is 32.6 Å². The van der Waals surface area contributed by atoms with Crippen LogP contribution in [0.2, 0.25) is 0 Å². The maximum atomic E-state index is 13.0. The number of benzene rings is 2. The Labute approximate surface area is 189 Å². The highest BCUT2D eigenvalue weighted by Gasteiger charge is 2.20. The SMILES string of the molecule is CC(C)c1ccc(CCNC(=O)CN2CCN(CC(=O)Nc3ccc(F)cc3)CC2)cc1. The molecule has 2 N–H and O–H groups in total. The molecule has 0 spiro atoms. The first-order valence-corrected chi connectivity index (χ1v) is 11.2. The summed E-state index contributed by atoms with van der Waals surface area (Å²) in [6, 6.07) is 14.3. The molecule has 2 aromatic rings. The summed E-state index contributed by atoms with van der Waals surface area (Å²) in [4.78, 5) is 28.6. The molecule has 1 saturated heterocycles. The van der Waals surface area contributed by atoms with Crippen LogP contribution in [0.1, 0.15) is 30.9 Å². The average Bonchev–Trinajstić information content (AvgIpc) is 2.77. The fourth-order valence-corrected chi connectivity index (χ4v) is 3.72. The Morgan fingerprint density at radius 3 is 2.00 bits per heavy atom. The number of piperazine rings is 1. The van der Waals surface area contributed by atoms with Gasteiger partial charge < -0.3 is 10.6 Å². The zero-order valence-electron chi connectivity index (χ0n) is 18.9. The average molecular weight is 441 g/mol. The fourth-order valence-electron chi connectivity index (χ4n) is 3.72. The largest absolute Gasteiger partial charge is 0.355 e. The van der Waals surface area contributed by atoms with E-state index in [1.165, 1.54) is 23.3 Å². The minimum atomic E-state index is -0.330. The van der Waals surface area contributed by atoms with E-state index in [-0.39, 0.29) is 24.2 Å². The Morgan fingerprint density at radius 2 is 1.44 bits per heavy atom. The molecule has 1 aliphatic heterocycles. The van der Waals surface area contributed by atoms with Crippen molar-refractivity contribution in [3.8, 4) is 0 Å². The molecule has 0 unspecified atom stereocenters. The van der Waals surface area contributed by atoms with Crippen LogP contribution in [0.15, 0.2) is 48.5 Å². The van der Waals surface area contributed by atoms with Crippen molar-refractivity contribution in [3.63, 3.8) is 0 Å². The molecule has 1 fully saturated rings. The van der Waals surface area contributed by atoms with E-state index in [1.807, 2.05) is 0 Å². The van der Waals surface area contributed by atoms with Crippen LogP contribution in [0.25, 0.3) is 0 Å². The van der Waals surface area contributed by atoms with Gasteiger partial charge in [-0.1, -0.05) is 38.1 Å². The standard InChI is InChI=1S/C25H33FN4O2/c1-19(2)21-5-3-20(4-6-21)11-12-27-24(31)17-29-13-15-30(16-14-29)18-25(32)28-23-9-7-22(26)8-10-23/h3-10,19H,11-18H2,1-2H3,(H,27,31)(H,28,32). The molecule has 2 aromatic carbocycles. The van der Waals surface area contributed by atoms with Crippen LogP contribution < -0.4 is 10.6 Å². The summed E-state index contributed by atoms with van der Waals surface area (Å²) >= 11 is 0. The summed E-state index contributed by atoms with van der Waals surface area (Å²) in [7, 11) is 0. The monoisotopic (exact) mass is 440 g/mol. The summed E-state index contributed by atoms with van der Waals surface area (Å²) in [5.41, 5.74) is 3.13. The second kappa shape index (κ2) is 11.7. The molecule has 172 valence electrons. The van der Waals surface area contributed by atoms with E-state index in [2.05, 4.69) is 58.5 Å². The lowest BCUT2D eigenvalue weighted by atomic mass is 10.0. The Morgan fingerprint density at radius 1 is 0.875 bits per heavy atom. The maximum absolute atomic E-state index is 13.0. The van der Waals surface area contributed by atoms with Crippen LogP contribution in [0.4, 0.5) is 10.1 Å². The molecule has 1 heterocycles. The van der Waals surface area contributed by atoms with Gasteiger partial charge in [0.25, 0.3) is 0 Å². The lowest BCUT2D eigenvalue weighted by Gasteiger charge is -2.33. The zero-order valence-corrected chi connectivity index (χ0v) is 18.9. The van der Waals surface area contributed by atoms with Gasteiger partial charge in [0.05, 0.1) is 13.1 Å². The van der Waals surface area contributed by atoms with Crippen molar-refractivity contribution >= 4 is 17.5 Å².